The number of carbonyl (C=O) groups excluding carboxylic acids is 1. The molecule has 1 aromatic rings. The Morgan fingerprint density at radius 3 is 2.74 bits per heavy atom. The molecule has 19 heavy (non-hydrogen) atoms. The zero-order valence-corrected chi connectivity index (χ0v) is 12.8. The van der Waals surface area contributed by atoms with E-state index in [1.807, 2.05) is 18.5 Å². The van der Waals surface area contributed by atoms with Crippen molar-refractivity contribution in [3.63, 3.8) is 0 Å². The lowest BCUT2D eigenvalue weighted by Crippen LogP contribution is -2.42. The molecule has 0 aliphatic rings. The highest BCUT2D eigenvalue weighted by atomic mass is 32.1. The molecule has 0 aromatic carbocycles. The molecular weight excluding hydrogens is 260 g/mol. The Hall–Kier alpha value is -0.910. The maximum Gasteiger partial charge on any atom is 0.236 e. The average Bonchev–Trinajstić information content (AvgIpc) is 2.86. The van der Waals surface area contributed by atoms with Crippen molar-refractivity contribution in [2.75, 3.05) is 26.7 Å². The minimum Gasteiger partial charge on any atom is -0.396 e. The van der Waals surface area contributed by atoms with Gasteiger partial charge in [-0.3, -0.25) is 9.69 Å². The van der Waals surface area contributed by atoms with Gasteiger partial charge in [0, 0.05) is 32.8 Å². The molecule has 4 nitrogen and oxygen atoms in total. The largest absolute Gasteiger partial charge is 0.396 e. The highest BCUT2D eigenvalue weighted by Gasteiger charge is 2.16. The Bertz CT molecular complexity index is 366. The van der Waals surface area contributed by atoms with Gasteiger partial charge in [0.1, 0.15) is 0 Å². The van der Waals surface area contributed by atoms with E-state index < -0.39 is 0 Å². The van der Waals surface area contributed by atoms with Crippen molar-refractivity contribution < 1.29 is 9.90 Å². The first-order valence-electron chi connectivity index (χ1n) is 6.64. The fraction of sp³-hybridized carbons (Fsp3) is 0.643. The second-order valence-electron chi connectivity index (χ2n) is 5.02. The monoisotopic (exact) mass is 284 g/mol. The Balaban J connectivity index is 2.46. The zero-order chi connectivity index (χ0) is 14.3. The number of nitrogens with zero attached hydrogens (tertiary/aromatic N) is 2. The van der Waals surface area contributed by atoms with Crippen molar-refractivity contribution in [1.82, 2.24) is 9.80 Å². The van der Waals surface area contributed by atoms with Crippen molar-refractivity contribution in [2.45, 2.75) is 32.9 Å². The molecule has 0 aliphatic heterocycles. The van der Waals surface area contributed by atoms with Gasteiger partial charge in [-0.05, 0) is 42.7 Å². The van der Waals surface area contributed by atoms with E-state index in [2.05, 4.69) is 24.1 Å². The molecule has 1 aromatic heterocycles. The highest BCUT2D eigenvalue weighted by molar-refractivity contribution is 7.07. The molecule has 1 rings (SSSR count). The van der Waals surface area contributed by atoms with E-state index in [9.17, 15) is 4.79 Å². The van der Waals surface area contributed by atoms with Crippen LogP contribution in [0.1, 0.15) is 25.8 Å². The number of amides is 1. The first-order chi connectivity index (χ1) is 9.04. The van der Waals surface area contributed by atoms with Gasteiger partial charge in [-0.25, -0.2) is 0 Å². The maximum atomic E-state index is 12.2. The number of hydrogen-bond donors (Lipinski definition) is 1. The summed E-state index contributed by atoms with van der Waals surface area (Å²) < 4.78 is 0. The molecule has 0 saturated heterocycles. The van der Waals surface area contributed by atoms with Crippen molar-refractivity contribution in [3.05, 3.63) is 22.4 Å². The lowest BCUT2D eigenvalue weighted by Gasteiger charge is -2.28. The summed E-state index contributed by atoms with van der Waals surface area (Å²) in [5, 5.41) is 13.0. The van der Waals surface area contributed by atoms with Crippen LogP contribution in [0.5, 0.6) is 0 Å². The van der Waals surface area contributed by atoms with Crippen LogP contribution in [-0.4, -0.2) is 53.6 Å². The number of rotatable bonds is 8. The summed E-state index contributed by atoms with van der Waals surface area (Å²) in [6, 6.07) is 2.35. The lowest BCUT2D eigenvalue weighted by molar-refractivity contribution is -0.132. The Kier molecular flexibility index (Phi) is 7.05. The standard InChI is InChI=1S/C14H24N2O2S/c1-12(2)16(6-4-7-17)10-14(18)15(3)9-13-5-8-19-11-13/h5,8,11-12,17H,4,6-7,9-10H2,1-3H3. The summed E-state index contributed by atoms with van der Waals surface area (Å²) in [6.07, 6.45) is 0.708. The summed E-state index contributed by atoms with van der Waals surface area (Å²) >= 11 is 1.65. The minimum absolute atomic E-state index is 0.123. The summed E-state index contributed by atoms with van der Waals surface area (Å²) in [6.45, 7) is 6.15. The minimum atomic E-state index is 0.123. The predicted molar refractivity (Wildman–Crippen MR) is 79.2 cm³/mol. The fourth-order valence-corrected chi connectivity index (χ4v) is 2.49. The number of carbonyl (C=O) groups is 1. The first kappa shape index (κ1) is 16.1. The molecule has 0 radical (unpaired) electrons. The van der Waals surface area contributed by atoms with Gasteiger partial charge in [0.25, 0.3) is 0 Å². The molecule has 0 aliphatic carbocycles. The third-order valence-corrected chi connectivity index (χ3v) is 3.83. The van der Waals surface area contributed by atoms with E-state index >= 15 is 0 Å². The first-order valence-corrected chi connectivity index (χ1v) is 7.58. The molecule has 5 heteroatoms. The van der Waals surface area contributed by atoms with Crippen LogP contribution in [0.4, 0.5) is 0 Å². The Morgan fingerprint density at radius 2 is 2.21 bits per heavy atom. The van der Waals surface area contributed by atoms with Gasteiger partial charge in [-0.2, -0.15) is 11.3 Å². The number of aliphatic hydroxyl groups excluding tert-OH is 1. The fourth-order valence-electron chi connectivity index (χ4n) is 1.83. The summed E-state index contributed by atoms with van der Waals surface area (Å²) in [7, 11) is 1.84. The molecule has 108 valence electrons. The normalized spacial score (nSPS) is 11.3. The van der Waals surface area contributed by atoms with Gasteiger partial charge in [0.2, 0.25) is 5.91 Å². The molecular formula is C14H24N2O2S. The summed E-state index contributed by atoms with van der Waals surface area (Å²) in [4.78, 5) is 16.0. The van der Waals surface area contributed by atoms with E-state index in [1.54, 1.807) is 16.2 Å². The van der Waals surface area contributed by atoms with Crippen LogP contribution in [-0.2, 0) is 11.3 Å². The maximum absolute atomic E-state index is 12.2. The van der Waals surface area contributed by atoms with Crippen LogP contribution in [0.3, 0.4) is 0 Å². The van der Waals surface area contributed by atoms with E-state index in [1.165, 1.54) is 5.56 Å². The zero-order valence-electron chi connectivity index (χ0n) is 12.0. The quantitative estimate of drug-likeness (QED) is 0.791. The topological polar surface area (TPSA) is 43.8 Å². The number of hydrogen-bond acceptors (Lipinski definition) is 4. The summed E-state index contributed by atoms with van der Waals surface area (Å²) in [5.41, 5.74) is 1.17. The number of aliphatic hydroxyl groups is 1. The van der Waals surface area contributed by atoms with E-state index in [-0.39, 0.29) is 12.5 Å². The van der Waals surface area contributed by atoms with Gasteiger partial charge in [0.15, 0.2) is 0 Å². The van der Waals surface area contributed by atoms with Crippen molar-refractivity contribution in [3.8, 4) is 0 Å². The molecule has 1 heterocycles. The molecule has 0 saturated carbocycles. The van der Waals surface area contributed by atoms with E-state index in [4.69, 9.17) is 5.11 Å². The summed E-state index contributed by atoms with van der Waals surface area (Å²) in [5.74, 6) is 0.123. The molecule has 1 amide bonds. The van der Waals surface area contributed by atoms with Gasteiger partial charge >= 0.3 is 0 Å². The third kappa shape index (κ3) is 5.72. The molecule has 0 bridgehead atoms. The number of thiophene rings is 1. The number of likely N-dealkylation sites (N-methyl/N-ethyl adjacent to an activating group) is 1. The van der Waals surface area contributed by atoms with Crippen molar-refractivity contribution >= 4 is 17.2 Å². The Morgan fingerprint density at radius 1 is 1.47 bits per heavy atom. The highest BCUT2D eigenvalue weighted by Crippen LogP contribution is 2.09. The predicted octanol–water partition coefficient (Wildman–Crippen LogP) is 1.80. The van der Waals surface area contributed by atoms with Crippen LogP contribution >= 0.6 is 11.3 Å². The SMILES string of the molecule is CC(C)N(CCCO)CC(=O)N(C)Cc1ccsc1. The Labute approximate surface area is 119 Å². The molecule has 0 atom stereocenters. The van der Waals surface area contributed by atoms with Gasteiger partial charge in [-0.1, -0.05) is 0 Å². The molecule has 0 unspecified atom stereocenters. The lowest BCUT2D eigenvalue weighted by atomic mass is 10.2. The van der Waals surface area contributed by atoms with Gasteiger partial charge in [0.05, 0.1) is 6.54 Å². The molecule has 1 N–H and O–H groups in total. The second-order valence-corrected chi connectivity index (χ2v) is 5.80. The van der Waals surface area contributed by atoms with Crippen LogP contribution in [0, 0.1) is 0 Å². The van der Waals surface area contributed by atoms with Crippen LogP contribution < -0.4 is 0 Å². The smallest absolute Gasteiger partial charge is 0.236 e. The van der Waals surface area contributed by atoms with Crippen LogP contribution in [0.25, 0.3) is 0 Å². The van der Waals surface area contributed by atoms with Crippen LogP contribution in [0.15, 0.2) is 16.8 Å². The van der Waals surface area contributed by atoms with Crippen molar-refractivity contribution in [1.29, 1.82) is 0 Å². The molecule has 0 spiro atoms. The van der Waals surface area contributed by atoms with Crippen molar-refractivity contribution in [2.24, 2.45) is 0 Å². The van der Waals surface area contributed by atoms with Gasteiger partial charge in [-0.15, -0.1) is 0 Å². The second kappa shape index (κ2) is 8.30. The van der Waals surface area contributed by atoms with Crippen LogP contribution in [0.2, 0.25) is 0 Å². The third-order valence-electron chi connectivity index (χ3n) is 3.10. The van der Waals surface area contributed by atoms with E-state index in [0.717, 1.165) is 6.54 Å². The molecule has 0 fully saturated rings. The van der Waals surface area contributed by atoms with E-state index in [0.29, 0.717) is 25.6 Å². The average molecular weight is 284 g/mol. The van der Waals surface area contributed by atoms with Gasteiger partial charge < -0.3 is 10.0 Å².